The van der Waals surface area contributed by atoms with Gasteiger partial charge in [0, 0.05) is 36.0 Å². The molecule has 32 heavy (non-hydrogen) atoms. The van der Waals surface area contributed by atoms with E-state index in [9.17, 15) is 21.6 Å². The summed E-state index contributed by atoms with van der Waals surface area (Å²) in [5.74, 6) is 0.0992. The van der Waals surface area contributed by atoms with Gasteiger partial charge in [-0.15, -0.1) is 0 Å². The normalized spacial score (nSPS) is 16.5. The summed E-state index contributed by atoms with van der Waals surface area (Å²) in [6, 6.07) is 21.3. The standard InChI is InChI=1S/C24H19F3N2O2S/c1-28-20-13-7-5-11-17(20)22-18(16-9-3-2-4-10-16)15-29(23(22)28)32(30,31)21-14-8-6-12-19(21)24(25,26)27/h2-14,18H,15H2,1H3. The van der Waals surface area contributed by atoms with Gasteiger partial charge in [-0.05, 0) is 23.8 Å². The molecule has 1 unspecified atom stereocenters. The van der Waals surface area contributed by atoms with Gasteiger partial charge in [-0.1, -0.05) is 60.7 Å². The van der Waals surface area contributed by atoms with E-state index in [1.54, 1.807) is 11.6 Å². The minimum atomic E-state index is -4.79. The highest BCUT2D eigenvalue weighted by Gasteiger charge is 2.44. The lowest BCUT2D eigenvalue weighted by Crippen LogP contribution is -2.33. The SMILES string of the molecule is Cn1c2c(c3ccccc31)C(c1ccccc1)CN2S(=O)(=O)c1ccccc1C(F)(F)F. The number of aromatic nitrogens is 1. The highest BCUT2D eigenvalue weighted by atomic mass is 32.2. The monoisotopic (exact) mass is 456 g/mol. The van der Waals surface area contributed by atoms with Crippen molar-refractivity contribution in [3.05, 3.63) is 95.6 Å². The third kappa shape index (κ3) is 3.01. The first-order chi connectivity index (χ1) is 15.2. The number of hydrogen-bond acceptors (Lipinski definition) is 2. The number of alkyl halides is 3. The van der Waals surface area contributed by atoms with Gasteiger partial charge < -0.3 is 4.57 Å². The molecule has 1 aliphatic heterocycles. The van der Waals surface area contributed by atoms with Crippen LogP contribution >= 0.6 is 0 Å². The third-order valence-corrected chi connectivity index (χ3v) is 7.82. The Morgan fingerprint density at radius 3 is 2.22 bits per heavy atom. The number of sulfonamides is 1. The Morgan fingerprint density at radius 1 is 0.875 bits per heavy atom. The van der Waals surface area contributed by atoms with Gasteiger partial charge in [0.15, 0.2) is 0 Å². The van der Waals surface area contributed by atoms with Crippen LogP contribution in [0.3, 0.4) is 0 Å². The zero-order chi connectivity index (χ0) is 22.7. The number of benzene rings is 3. The van der Waals surface area contributed by atoms with Crippen molar-refractivity contribution in [3.8, 4) is 0 Å². The van der Waals surface area contributed by atoms with Crippen molar-refractivity contribution in [2.75, 3.05) is 10.8 Å². The number of para-hydroxylation sites is 1. The summed E-state index contributed by atoms with van der Waals surface area (Å²) in [7, 11) is -2.74. The number of nitrogens with zero attached hydrogens (tertiary/aromatic N) is 2. The largest absolute Gasteiger partial charge is 0.417 e. The number of rotatable bonds is 3. The summed E-state index contributed by atoms with van der Waals surface area (Å²) in [4.78, 5) is -0.739. The molecular formula is C24H19F3N2O2S. The molecule has 0 spiro atoms. The molecule has 0 aliphatic carbocycles. The summed E-state index contributed by atoms with van der Waals surface area (Å²) >= 11 is 0. The van der Waals surface area contributed by atoms with E-state index < -0.39 is 26.7 Å². The van der Waals surface area contributed by atoms with Gasteiger partial charge in [0.05, 0.1) is 10.5 Å². The predicted molar refractivity (Wildman–Crippen MR) is 117 cm³/mol. The molecule has 2 heterocycles. The predicted octanol–water partition coefficient (Wildman–Crippen LogP) is 5.54. The number of aryl methyl sites for hydroxylation is 1. The van der Waals surface area contributed by atoms with E-state index in [4.69, 9.17) is 0 Å². The molecule has 0 saturated carbocycles. The smallest absolute Gasteiger partial charge is 0.330 e. The minimum Gasteiger partial charge on any atom is -0.330 e. The van der Waals surface area contributed by atoms with Crippen molar-refractivity contribution >= 4 is 26.7 Å². The highest BCUT2D eigenvalue weighted by Crippen LogP contribution is 2.48. The molecule has 164 valence electrons. The second kappa shape index (κ2) is 7.13. The van der Waals surface area contributed by atoms with E-state index in [0.29, 0.717) is 5.82 Å². The van der Waals surface area contributed by atoms with Crippen LogP contribution in [-0.2, 0) is 23.2 Å². The number of hydrogen-bond donors (Lipinski definition) is 0. The fraction of sp³-hybridized carbons (Fsp3) is 0.167. The zero-order valence-electron chi connectivity index (χ0n) is 17.0. The second-order valence-electron chi connectivity index (χ2n) is 7.81. The lowest BCUT2D eigenvalue weighted by molar-refractivity contribution is -0.139. The molecule has 3 aromatic carbocycles. The molecule has 8 heteroatoms. The summed E-state index contributed by atoms with van der Waals surface area (Å²) in [6.45, 7) is 0.0296. The van der Waals surface area contributed by atoms with Gasteiger partial charge in [0.2, 0.25) is 0 Å². The van der Waals surface area contributed by atoms with Crippen LogP contribution in [0.4, 0.5) is 19.0 Å². The highest BCUT2D eigenvalue weighted by molar-refractivity contribution is 7.93. The molecule has 0 saturated heterocycles. The Hall–Kier alpha value is -3.26. The van der Waals surface area contributed by atoms with Gasteiger partial charge in [-0.25, -0.2) is 12.7 Å². The van der Waals surface area contributed by atoms with Crippen LogP contribution in [0.5, 0.6) is 0 Å². The summed E-state index contributed by atoms with van der Waals surface area (Å²) in [5, 5.41) is 0.889. The quantitative estimate of drug-likeness (QED) is 0.406. The average Bonchev–Trinajstić information content (AvgIpc) is 3.32. The fourth-order valence-electron chi connectivity index (χ4n) is 4.61. The van der Waals surface area contributed by atoms with Crippen molar-refractivity contribution in [3.63, 3.8) is 0 Å². The Labute approximate surface area is 183 Å². The van der Waals surface area contributed by atoms with Crippen molar-refractivity contribution in [1.82, 2.24) is 4.57 Å². The van der Waals surface area contributed by atoms with Crippen LogP contribution in [0, 0.1) is 0 Å². The first-order valence-electron chi connectivity index (χ1n) is 10.0. The molecular weight excluding hydrogens is 437 g/mol. The average molecular weight is 456 g/mol. The molecule has 0 fully saturated rings. The van der Waals surface area contributed by atoms with Crippen LogP contribution in [0.15, 0.2) is 83.8 Å². The maximum Gasteiger partial charge on any atom is 0.417 e. The molecule has 5 rings (SSSR count). The van der Waals surface area contributed by atoms with E-state index in [1.807, 2.05) is 54.6 Å². The molecule has 4 nitrogen and oxygen atoms in total. The van der Waals surface area contributed by atoms with E-state index >= 15 is 0 Å². The number of anilines is 1. The maximum absolute atomic E-state index is 13.7. The number of fused-ring (bicyclic) bond motifs is 3. The van der Waals surface area contributed by atoms with Gasteiger partial charge in [-0.2, -0.15) is 13.2 Å². The lowest BCUT2D eigenvalue weighted by atomic mass is 9.93. The first-order valence-corrected chi connectivity index (χ1v) is 11.5. The van der Waals surface area contributed by atoms with Crippen LogP contribution in [0.25, 0.3) is 10.9 Å². The van der Waals surface area contributed by atoms with E-state index in [-0.39, 0.29) is 12.5 Å². The van der Waals surface area contributed by atoms with E-state index in [0.717, 1.165) is 38.5 Å². The maximum atomic E-state index is 13.7. The van der Waals surface area contributed by atoms with E-state index in [2.05, 4.69) is 0 Å². The first kappa shape index (κ1) is 20.6. The molecule has 1 aliphatic rings. The Morgan fingerprint density at radius 2 is 1.50 bits per heavy atom. The van der Waals surface area contributed by atoms with Crippen LogP contribution in [0.2, 0.25) is 0 Å². The van der Waals surface area contributed by atoms with Crippen LogP contribution < -0.4 is 4.31 Å². The summed E-state index contributed by atoms with van der Waals surface area (Å²) < 4.78 is 71.2. The van der Waals surface area contributed by atoms with Gasteiger partial charge >= 0.3 is 6.18 Å². The van der Waals surface area contributed by atoms with Crippen molar-refractivity contribution < 1.29 is 21.6 Å². The second-order valence-corrected chi connectivity index (χ2v) is 9.64. The van der Waals surface area contributed by atoms with Crippen molar-refractivity contribution in [2.24, 2.45) is 7.05 Å². The molecule has 0 radical (unpaired) electrons. The van der Waals surface area contributed by atoms with Gasteiger partial charge in [0.1, 0.15) is 5.82 Å². The van der Waals surface area contributed by atoms with E-state index in [1.165, 1.54) is 12.1 Å². The Kier molecular flexibility index (Phi) is 4.60. The Bertz CT molecular complexity index is 1430. The van der Waals surface area contributed by atoms with Crippen molar-refractivity contribution in [1.29, 1.82) is 0 Å². The third-order valence-electron chi connectivity index (χ3n) is 6.01. The van der Waals surface area contributed by atoms with Crippen molar-refractivity contribution in [2.45, 2.75) is 17.0 Å². The minimum absolute atomic E-state index is 0.0296. The molecule has 0 N–H and O–H groups in total. The molecule has 4 aromatic rings. The summed E-state index contributed by atoms with van der Waals surface area (Å²) in [6.07, 6.45) is -4.79. The fourth-order valence-corrected chi connectivity index (χ4v) is 6.36. The molecule has 0 bridgehead atoms. The van der Waals surface area contributed by atoms with Gasteiger partial charge in [0.25, 0.3) is 10.0 Å². The topological polar surface area (TPSA) is 42.3 Å². The summed E-state index contributed by atoms with van der Waals surface area (Å²) in [5.41, 5.74) is 1.38. The lowest BCUT2D eigenvalue weighted by Gasteiger charge is -2.23. The van der Waals surface area contributed by atoms with Crippen LogP contribution in [0.1, 0.15) is 22.6 Å². The Balaban J connectivity index is 1.77. The zero-order valence-corrected chi connectivity index (χ0v) is 17.9. The molecule has 1 aromatic heterocycles. The molecule has 1 atom stereocenters. The molecule has 0 amide bonds. The number of halogens is 3. The van der Waals surface area contributed by atoms with Gasteiger partial charge in [-0.3, -0.25) is 0 Å². The van der Waals surface area contributed by atoms with Crippen LogP contribution in [-0.4, -0.2) is 19.5 Å².